The lowest BCUT2D eigenvalue weighted by Crippen LogP contribution is -2.35. The highest BCUT2D eigenvalue weighted by Crippen LogP contribution is 2.31. The first kappa shape index (κ1) is 14.6. The number of aromatic nitrogens is 1. The van der Waals surface area contributed by atoms with E-state index >= 15 is 0 Å². The van der Waals surface area contributed by atoms with Gasteiger partial charge < -0.3 is 10.1 Å². The van der Waals surface area contributed by atoms with Crippen LogP contribution in [0.1, 0.15) is 38.8 Å². The average Bonchev–Trinajstić information content (AvgIpc) is 2.81. The maximum atomic E-state index is 11.2. The van der Waals surface area contributed by atoms with Gasteiger partial charge in [-0.3, -0.25) is 9.69 Å². The zero-order valence-electron chi connectivity index (χ0n) is 12.3. The number of carboxylic acid groups (broad SMARTS) is 1. The minimum Gasteiger partial charge on any atom is -0.481 e. The summed E-state index contributed by atoms with van der Waals surface area (Å²) >= 11 is 0. The molecular weight excluding hydrogens is 252 g/mol. The van der Waals surface area contributed by atoms with Gasteiger partial charge in [-0.1, -0.05) is 25.1 Å². The van der Waals surface area contributed by atoms with Crippen molar-refractivity contribution in [3.63, 3.8) is 0 Å². The number of aromatic amines is 1. The second kappa shape index (κ2) is 6.09. The number of benzene rings is 1. The van der Waals surface area contributed by atoms with Crippen molar-refractivity contribution in [1.82, 2.24) is 9.88 Å². The standard InChI is InChI=1S/C16H22N2O2/c1-4-18(11(2)3)15(9-16(19)20)13-10-17-14-8-6-5-7-12(13)14/h5-8,10-11,15,17H,4,9H2,1-3H3,(H,19,20). The third-order valence-corrected chi connectivity index (χ3v) is 3.78. The van der Waals surface area contributed by atoms with Crippen LogP contribution in [0.2, 0.25) is 0 Å². The van der Waals surface area contributed by atoms with Gasteiger partial charge in [-0.05, 0) is 32.0 Å². The van der Waals surface area contributed by atoms with E-state index in [9.17, 15) is 9.90 Å². The molecule has 1 atom stereocenters. The van der Waals surface area contributed by atoms with Gasteiger partial charge in [0.05, 0.1) is 6.42 Å². The molecule has 0 spiro atoms. The third kappa shape index (κ3) is 2.85. The highest BCUT2D eigenvalue weighted by molar-refractivity contribution is 5.84. The van der Waals surface area contributed by atoms with Crippen molar-refractivity contribution in [2.75, 3.05) is 6.54 Å². The average molecular weight is 274 g/mol. The van der Waals surface area contributed by atoms with Gasteiger partial charge in [-0.2, -0.15) is 0 Å². The van der Waals surface area contributed by atoms with E-state index in [1.165, 1.54) is 0 Å². The van der Waals surface area contributed by atoms with Gasteiger partial charge in [0.15, 0.2) is 0 Å². The third-order valence-electron chi connectivity index (χ3n) is 3.78. The first-order valence-corrected chi connectivity index (χ1v) is 7.08. The normalized spacial score (nSPS) is 13.2. The lowest BCUT2D eigenvalue weighted by Gasteiger charge is -2.33. The second-order valence-corrected chi connectivity index (χ2v) is 5.33. The number of rotatable bonds is 6. The van der Waals surface area contributed by atoms with Crippen molar-refractivity contribution in [2.45, 2.75) is 39.3 Å². The van der Waals surface area contributed by atoms with Crippen LogP contribution in [0.4, 0.5) is 0 Å². The fraction of sp³-hybridized carbons (Fsp3) is 0.438. The predicted molar refractivity (Wildman–Crippen MR) is 80.8 cm³/mol. The van der Waals surface area contributed by atoms with E-state index in [0.29, 0.717) is 6.04 Å². The molecule has 1 aromatic carbocycles. The largest absolute Gasteiger partial charge is 0.481 e. The van der Waals surface area contributed by atoms with Crippen LogP contribution in [0.25, 0.3) is 10.9 Å². The zero-order valence-corrected chi connectivity index (χ0v) is 12.3. The Morgan fingerprint density at radius 2 is 2.05 bits per heavy atom. The topological polar surface area (TPSA) is 56.3 Å². The van der Waals surface area contributed by atoms with Crippen molar-refractivity contribution < 1.29 is 9.90 Å². The Balaban J connectivity index is 2.47. The molecule has 0 bridgehead atoms. The fourth-order valence-corrected chi connectivity index (χ4v) is 2.89. The molecule has 0 aliphatic heterocycles. The van der Waals surface area contributed by atoms with Crippen LogP contribution in [0.5, 0.6) is 0 Å². The summed E-state index contributed by atoms with van der Waals surface area (Å²) in [7, 11) is 0. The summed E-state index contributed by atoms with van der Waals surface area (Å²) in [5.41, 5.74) is 2.12. The van der Waals surface area contributed by atoms with E-state index in [-0.39, 0.29) is 12.5 Å². The van der Waals surface area contributed by atoms with Crippen LogP contribution in [-0.4, -0.2) is 33.5 Å². The van der Waals surface area contributed by atoms with Crippen LogP contribution in [-0.2, 0) is 4.79 Å². The molecule has 2 aromatic rings. The monoisotopic (exact) mass is 274 g/mol. The molecular formula is C16H22N2O2. The molecule has 108 valence electrons. The summed E-state index contributed by atoms with van der Waals surface area (Å²) in [6, 6.07) is 8.23. The molecule has 1 aromatic heterocycles. The Labute approximate surface area is 119 Å². The molecule has 1 heterocycles. The summed E-state index contributed by atoms with van der Waals surface area (Å²) in [6.45, 7) is 7.11. The Morgan fingerprint density at radius 3 is 2.65 bits per heavy atom. The lowest BCUT2D eigenvalue weighted by molar-refractivity contribution is -0.138. The molecule has 0 aliphatic carbocycles. The molecule has 2 N–H and O–H groups in total. The summed E-state index contributed by atoms with van der Waals surface area (Å²) in [5, 5.41) is 10.4. The maximum Gasteiger partial charge on any atom is 0.305 e. The van der Waals surface area contributed by atoms with E-state index in [0.717, 1.165) is 23.0 Å². The van der Waals surface area contributed by atoms with Crippen LogP contribution >= 0.6 is 0 Å². The van der Waals surface area contributed by atoms with Crippen LogP contribution < -0.4 is 0 Å². The highest BCUT2D eigenvalue weighted by Gasteiger charge is 2.26. The van der Waals surface area contributed by atoms with Crippen molar-refractivity contribution >= 4 is 16.9 Å². The first-order chi connectivity index (χ1) is 9.54. The molecule has 0 saturated heterocycles. The molecule has 0 radical (unpaired) electrons. The summed E-state index contributed by atoms with van der Waals surface area (Å²) < 4.78 is 0. The maximum absolute atomic E-state index is 11.2. The number of aliphatic carboxylic acids is 1. The number of H-pyrrole nitrogens is 1. The van der Waals surface area contributed by atoms with E-state index in [2.05, 4.69) is 30.7 Å². The van der Waals surface area contributed by atoms with Gasteiger partial charge in [-0.15, -0.1) is 0 Å². The van der Waals surface area contributed by atoms with Gasteiger partial charge >= 0.3 is 5.97 Å². The number of carboxylic acids is 1. The first-order valence-electron chi connectivity index (χ1n) is 7.08. The van der Waals surface area contributed by atoms with Crippen molar-refractivity contribution in [2.24, 2.45) is 0 Å². The minimum absolute atomic E-state index is 0.103. The number of hydrogen-bond acceptors (Lipinski definition) is 2. The molecule has 0 aliphatic rings. The highest BCUT2D eigenvalue weighted by atomic mass is 16.4. The number of fused-ring (bicyclic) bond motifs is 1. The Morgan fingerprint density at radius 1 is 1.35 bits per heavy atom. The van der Waals surface area contributed by atoms with Gasteiger partial charge in [0.1, 0.15) is 0 Å². The fourth-order valence-electron chi connectivity index (χ4n) is 2.89. The van der Waals surface area contributed by atoms with Crippen LogP contribution in [0.15, 0.2) is 30.5 Å². The van der Waals surface area contributed by atoms with Crippen LogP contribution in [0.3, 0.4) is 0 Å². The molecule has 20 heavy (non-hydrogen) atoms. The van der Waals surface area contributed by atoms with E-state index in [4.69, 9.17) is 0 Å². The van der Waals surface area contributed by atoms with E-state index < -0.39 is 5.97 Å². The molecule has 1 unspecified atom stereocenters. The molecule has 0 amide bonds. The van der Waals surface area contributed by atoms with Gasteiger partial charge in [0, 0.05) is 29.2 Å². The SMILES string of the molecule is CCN(C(C)C)C(CC(=O)O)c1c[nH]c2ccccc12. The van der Waals surface area contributed by atoms with Gasteiger partial charge in [0.2, 0.25) is 0 Å². The van der Waals surface area contributed by atoms with Gasteiger partial charge in [0.25, 0.3) is 0 Å². The number of carbonyl (C=O) groups is 1. The zero-order chi connectivity index (χ0) is 14.7. The van der Waals surface area contributed by atoms with E-state index in [1.54, 1.807) is 0 Å². The van der Waals surface area contributed by atoms with Gasteiger partial charge in [-0.25, -0.2) is 0 Å². The molecule has 2 rings (SSSR count). The predicted octanol–water partition coefficient (Wildman–Crippen LogP) is 3.41. The smallest absolute Gasteiger partial charge is 0.305 e. The quantitative estimate of drug-likeness (QED) is 0.848. The Kier molecular flexibility index (Phi) is 4.45. The second-order valence-electron chi connectivity index (χ2n) is 5.33. The summed E-state index contributed by atoms with van der Waals surface area (Å²) in [5.74, 6) is -0.764. The molecule has 0 saturated carbocycles. The molecule has 4 heteroatoms. The molecule has 0 fully saturated rings. The summed E-state index contributed by atoms with van der Waals surface area (Å²) in [6.07, 6.45) is 2.07. The van der Waals surface area contributed by atoms with Crippen LogP contribution in [0, 0.1) is 0 Å². The van der Waals surface area contributed by atoms with Crippen molar-refractivity contribution in [3.05, 3.63) is 36.0 Å². The number of nitrogens with one attached hydrogen (secondary N) is 1. The van der Waals surface area contributed by atoms with Crippen molar-refractivity contribution in [3.8, 4) is 0 Å². The summed E-state index contributed by atoms with van der Waals surface area (Å²) in [4.78, 5) is 16.7. The Hall–Kier alpha value is -1.81. The minimum atomic E-state index is -0.764. The van der Waals surface area contributed by atoms with Crippen molar-refractivity contribution in [1.29, 1.82) is 0 Å². The number of para-hydroxylation sites is 1. The molecule has 4 nitrogen and oxygen atoms in total. The van der Waals surface area contributed by atoms with E-state index in [1.807, 2.05) is 30.5 Å². The number of hydrogen-bond donors (Lipinski definition) is 2. The number of nitrogens with zero attached hydrogens (tertiary/aromatic N) is 1. The Bertz CT molecular complexity index is 589. The lowest BCUT2D eigenvalue weighted by atomic mass is 10.00.